The largest absolute Gasteiger partial charge is 0.324 e. The summed E-state index contributed by atoms with van der Waals surface area (Å²) >= 11 is 3.47. The number of benzene rings is 2. The monoisotopic (exact) mass is 445 g/mol. The Morgan fingerprint density at radius 3 is 2.18 bits per heavy atom. The fourth-order valence-electron chi connectivity index (χ4n) is 3.08. The molecular weight excluding hydrogens is 418 g/mol. The molecule has 0 aliphatic rings. The van der Waals surface area contributed by atoms with Gasteiger partial charge in [0.15, 0.2) is 0 Å². The number of nitrogens with one attached hydrogen (secondary N) is 2. The highest BCUT2D eigenvalue weighted by Crippen LogP contribution is 2.24. The first kappa shape index (κ1) is 22.1. The smallest absolute Gasteiger partial charge is 0.241 e. The van der Waals surface area contributed by atoms with E-state index in [0.717, 1.165) is 32.4 Å². The van der Waals surface area contributed by atoms with Gasteiger partial charge in [-0.05, 0) is 86.4 Å². The van der Waals surface area contributed by atoms with Crippen LogP contribution in [-0.2, 0) is 9.59 Å². The average Bonchev–Trinajstić information content (AvgIpc) is 2.59. The van der Waals surface area contributed by atoms with Crippen molar-refractivity contribution in [1.29, 1.82) is 0 Å². The zero-order chi connectivity index (χ0) is 21.0. The third kappa shape index (κ3) is 5.66. The highest BCUT2D eigenvalue weighted by molar-refractivity contribution is 9.10. The number of hydrogen-bond acceptors (Lipinski definition) is 3. The number of likely N-dealkylation sites (N-methyl/N-ethyl adjacent to an activating group) is 1. The van der Waals surface area contributed by atoms with E-state index in [9.17, 15) is 9.59 Å². The molecule has 5 nitrogen and oxygen atoms in total. The zero-order valence-electron chi connectivity index (χ0n) is 17.3. The van der Waals surface area contributed by atoms with E-state index in [1.807, 2.05) is 58.0 Å². The van der Waals surface area contributed by atoms with E-state index in [1.165, 1.54) is 0 Å². The van der Waals surface area contributed by atoms with E-state index < -0.39 is 6.04 Å². The van der Waals surface area contributed by atoms with Crippen molar-refractivity contribution in [3.63, 3.8) is 0 Å². The molecule has 2 rings (SSSR count). The van der Waals surface area contributed by atoms with Gasteiger partial charge in [-0.15, -0.1) is 0 Å². The lowest BCUT2D eigenvalue weighted by molar-refractivity contribution is -0.122. The molecule has 28 heavy (non-hydrogen) atoms. The van der Waals surface area contributed by atoms with Crippen LogP contribution in [0.2, 0.25) is 0 Å². The van der Waals surface area contributed by atoms with Crippen LogP contribution in [0.1, 0.15) is 29.2 Å². The number of aryl methyl sites for hydroxylation is 4. The van der Waals surface area contributed by atoms with E-state index in [-0.39, 0.29) is 18.4 Å². The summed E-state index contributed by atoms with van der Waals surface area (Å²) in [4.78, 5) is 26.8. The first-order valence-corrected chi connectivity index (χ1v) is 10.0. The highest BCUT2D eigenvalue weighted by atomic mass is 79.9. The maximum absolute atomic E-state index is 12.6. The molecule has 0 heterocycles. The summed E-state index contributed by atoms with van der Waals surface area (Å²) in [5.41, 5.74) is 5.88. The second kappa shape index (κ2) is 9.34. The number of carbonyl (C=O) groups is 2. The molecule has 6 heteroatoms. The summed E-state index contributed by atoms with van der Waals surface area (Å²) in [5, 5.41) is 5.88. The highest BCUT2D eigenvalue weighted by Gasteiger charge is 2.21. The van der Waals surface area contributed by atoms with Crippen LogP contribution in [0, 0.1) is 27.7 Å². The summed E-state index contributed by atoms with van der Waals surface area (Å²) in [7, 11) is 1.77. The first-order chi connectivity index (χ1) is 13.1. The van der Waals surface area contributed by atoms with Crippen molar-refractivity contribution >= 4 is 39.1 Å². The van der Waals surface area contributed by atoms with Crippen LogP contribution < -0.4 is 10.6 Å². The molecule has 2 amide bonds. The third-order valence-electron chi connectivity index (χ3n) is 4.76. The van der Waals surface area contributed by atoms with Crippen molar-refractivity contribution in [2.45, 2.75) is 40.7 Å². The number of nitrogens with zero attached hydrogens (tertiary/aromatic N) is 1. The Morgan fingerprint density at radius 1 is 1.00 bits per heavy atom. The molecule has 2 N–H and O–H groups in total. The van der Waals surface area contributed by atoms with Crippen LogP contribution in [-0.4, -0.2) is 36.3 Å². The third-order valence-corrected chi connectivity index (χ3v) is 5.41. The Kier molecular flexibility index (Phi) is 7.38. The Labute approximate surface area is 175 Å². The fourth-order valence-corrected chi connectivity index (χ4v) is 3.67. The molecule has 150 valence electrons. The van der Waals surface area contributed by atoms with Gasteiger partial charge in [0.2, 0.25) is 11.8 Å². The molecular formula is C22H28BrN3O2. The molecule has 0 aromatic heterocycles. The molecule has 0 aliphatic heterocycles. The minimum Gasteiger partial charge on any atom is -0.324 e. The summed E-state index contributed by atoms with van der Waals surface area (Å²) in [5.74, 6) is -0.309. The van der Waals surface area contributed by atoms with Gasteiger partial charge >= 0.3 is 0 Å². The molecule has 0 aliphatic carbocycles. The molecule has 0 fully saturated rings. The van der Waals surface area contributed by atoms with Gasteiger partial charge in [-0.2, -0.15) is 0 Å². The second-order valence-electron chi connectivity index (χ2n) is 7.39. The predicted octanol–water partition coefficient (Wildman–Crippen LogP) is 4.58. The van der Waals surface area contributed by atoms with E-state index in [0.29, 0.717) is 5.69 Å². The van der Waals surface area contributed by atoms with Crippen molar-refractivity contribution < 1.29 is 9.59 Å². The lowest BCUT2D eigenvalue weighted by Gasteiger charge is -2.24. The maximum Gasteiger partial charge on any atom is 0.241 e. The number of carbonyl (C=O) groups excluding carboxylic acids is 2. The Hall–Kier alpha value is -2.18. The molecule has 0 bridgehead atoms. The van der Waals surface area contributed by atoms with Gasteiger partial charge < -0.3 is 10.6 Å². The van der Waals surface area contributed by atoms with E-state index in [4.69, 9.17) is 0 Å². The molecule has 0 radical (unpaired) electrons. The number of amides is 2. The van der Waals surface area contributed by atoms with Crippen molar-refractivity contribution in [2.24, 2.45) is 0 Å². The van der Waals surface area contributed by atoms with E-state index in [2.05, 4.69) is 26.6 Å². The second-order valence-corrected chi connectivity index (χ2v) is 8.24. The van der Waals surface area contributed by atoms with Crippen LogP contribution in [0.15, 0.2) is 34.8 Å². The average molecular weight is 446 g/mol. The lowest BCUT2D eigenvalue weighted by Crippen LogP contribution is -2.43. The molecule has 0 saturated heterocycles. The van der Waals surface area contributed by atoms with Gasteiger partial charge in [-0.3, -0.25) is 14.5 Å². The summed E-state index contributed by atoms with van der Waals surface area (Å²) in [6.45, 7) is 9.89. The lowest BCUT2D eigenvalue weighted by atomic mass is 10.1. The number of anilines is 2. The van der Waals surface area contributed by atoms with Gasteiger partial charge in [0, 0.05) is 10.2 Å². The van der Waals surface area contributed by atoms with Gasteiger partial charge in [0.05, 0.1) is 18.3 Å². The molecule has 0 spiro atoms. The van der Waals surface area contributed by atoms with Gasteiger partial charge in [0.25, 0.3) is 0 Å². The first-order valence-electron chi connectivity index (χ1n) is 9.23. The fraction of sp³-hybridized carbons (Fsp3) is 0.364. The molecule has 2 aromatic carbocycles. The number of halogens is 1. The number of hydrogen-bond donors (Lipinski definition) is 2. The van der Waals surface area contributed by atoms with Gasteiger partial charge in [0.1, 0.15) is 0 Å². The minimum absolute atomic E-state index is 0.121. The SMILES string of the molecule is Cc1cc(C)c(NC(=O)CN(C)C(C)C(=O)Nc2ccc(C)cc2Br)c(C)c1. The van der Waals surface area contributed by atoms with Crippen molar-refractivity contribution in [3.05, 3.63) is 57.1 Å². The normalized spacial score (nSPS) is 12.0. The summed E-state index contributed by atoms with van der Waals surface area (Å²) in [6.07, 6.45) is 0. The predicted molar refractivity (Wildman–Crippen MR) is 119 cm³/mol. The van der Waals surface area contributed by atoms with Crippen molar-refractivity contribution in [3.8, 4) is 0 Å². The quantitative estimate of drug-likeness (QED) is 0.683. The van der Waals surface area contributed by atoms with Crippen LogP contribution in [0.4, 0.5) is 11.4 Å². The molecule has 1 atom stereocenters. The minimum atomic E-state index is -0.459. The van der Waals surface area contributed by atoms with Crippen LogP contribution >= 0.6 is 15.9 Å². The van der Waals surface area contributed by atoms with Crippen LogP contribution in [0.3, 0.4) is 0 Å². The topological polar surface area (TPSA) is 61.4 Å². The molecule has 1 unspecified atom stereocenters. The Bertz CT molecular complexity index is 872. The zero-order valence-corrected chi connectivity index (χ0v) is 18.9. The van der Waals surface area contributed by atoms with Gasteiger partial charge in [-0.1, -0.05) is 23.8 Å². The van der Waals surface area contributed by atoms with E-state index >= 15 is 0 Å². The van der Waals surface area contributed by atoms with Crippen LogP contribution in [0.25, 0.3) is 0 Å². The van der Waals surface area contributed by atoms with Gasteiger partial charge in [-0.25, -0.2) is 0 Å². The Balaban J connectivity index is 1.98. The van der Waals surface area contributed by atoms with E-state index in [1.54, 1.807) is 18.9 Å². The van der Waals surface area contributed by atoms with Crippen LogP contribution in [0.5, 0.6) is 0 Å². The summed E-state index contributed by atoms with van der Waals surface area (Å²) < 4.78 is 0.832. The van der Waals surface area contributed by atoms with Crippen molar-refractivity contribution in [2.75, 3.05) is 24.2 Å². The van der Waals surface area contributed by atoms with Crippen molar-refractivity contribution in [1.82, 2.24) is 4.90 Å². The maximum atomic E-state index is 12.6. The molecule has 2 aromatic rings. The number of rotatable bonds is 6. The summed E-state index contributed by atoms with van der Waals surface area (Å²) in [6, 6.07) is 9.38. The Morgan fingerprint density at radius 2 is 1.61 bits per heavy atom. The standard InChI is InChI=1S/C22H28BrN3O2/c1-13-7-8-19(18(23)11-13)24-22(28)17(5)26(6)12-20(27)25-21-15(3)9-14(2)10-16(21)4/h7-11,17H,12H2,1-6H3,(H,24,28)(H,25,27). The molecule has 0 saturated carbocycles.